The predicted octanol–water partition coefficient (Wildman–Crippen LogP) is 3.65. The smallest absolute Gasteiger partial charge is 0.266 e. The molecule has 2 aromatic rings. The van der Waals surface area contributed by atoms with Crippen LogP contribution < -0.4 is 10.7 Å². The van der Waals surface area contributed by atoms with Gasteiger partial charge < -0.3 is 5.32 Å². The number of halogens is 2. The van der Waals surface area contributed by atoms with E-state index in [1.807, 2.05) is 5.01 Å². The molecule has 7 heteroatoms. The molecule has 25 heavy (non-hydrogen) atoms. The van der Waals surface area contributed by atoms with Crippen molar-refractivity contribution in [3.63, 3.8) is 0 Å². The molecule has 1 saturated heterocycles. The standard InChI is InChI=1S/C18H22Cl2N4O/c1-17(2)9-24(10-18(3,4)23-17)22-16(25)13-8-15(20)21-14-6-5-11(19)7-12(13)14/h5-8,23H,9-10H2,1-4H3,(H,22,25). The largest absolute Gasteiger partial charge is 0.304 e. The van der Waals surface area contributed by atoms with Crippen molar-refractivity contribution < 1.29 is 4.79 Å². The highest BCUT2D eigenvalue weighted by Gasteiger charge is 2.37. The minimum atomic E-state index is -0.218. The van der Waals surface area contributed by atoms with Gasteiger partial charge in [0.2, 0.25) is 0 Å². The highest BCUT2D eigenvalue weighted by atomic mass is 35.5. The number of aromatic nitrogens is 1. The molecule has 1 fully saturated rings. The molecule has 134 valence electrons. The first-order valence-corrected chi connectivity index (χ1v) is 8.91. The van der Waals surface area contributed by atoms with Gasteiger partial charge in [-0.2, -0.15) is 0 Å². The van der Waals surface area contributed by atoms with E-state index < -0.39 is 0 Å². The van der Waals surface area contributed by atoms with Crippen LogP contribution in [0.1, 0.15) is 38.1 Å². The van der Waals surface area contributed by atoms with Gasteiger partial charge in [0.25, 0.3) is 5.91 Å². The number of benzene rings is 1. The van der Waals surface area contributed by atoms with Crippen LogP contribution in [0, 0.1) is 0 Å². The second-order valence-corrected chi connectivity index (χ2v) is 8.67. The Hall–Kier alpha value is -1.40. The number of nitrogens with zero attached hydrogens (tertiary/aromatic N) is 2. The maximum absolute atomic E-state index is 12.9. The zero-order valence-electron chi connectivity index (χ0n) is 14.8. The number of fused-ring (bicyclic) bond motifs is 1. The van der Waals surface area contributed by atoms with Crippen LogP contribution in [-0.2, 0) is 0 Å². The first-order valence-electron chi connectivity index (χ1n) is 8.16. The average Bonchev–Trinajstić information content (AvgIpc) is 2.43. The van der Waals surface area contributed by atoms with E-state index >= 15 is 0 Å². The molecule has 1 aliphatic rings. The summed E-state index contributed by atoms with van der Waals surface area (Å²) in [6, 6.07) is 6.81. The molecule has 2 N–H and O–H groups in total. The van der Waals surface area contributed by atoms with Gasteiger partial charge in [0.1, 0.15) is 5.15 Å². The normalized spacial score (nSPS) is 19.8. The van der Waals surface area contributed by atoms with Gasteiger partial charge in [0.05, 0.1) is 11.1 Å². The van der Waals surface area contributed by atoms with Crippen molar-refractivity contribution in [1.82, 2.24) is 20.7 Å². The molecule has 1 amide bonds. The number of amides is 1. The van der Waals surface area contributed by atoms with Gasteiger partial charge in [-0.05, 0) is 52.0 Å². The van der Waals surface area contributed by atoms with Crippen LogP contribution >= 0.6 is 23.2 Å². The van der Waals surface area contributed by atoms with Crippen molar-refractivity contribution in [2.45, 2.75) is 38.8 Å². The summed E-state index contributed by atoms with van der Waals surface area (Å²) >= 11 is 12.2. The third kappa shape index (κ3) is 4.23. The summed E-state index contributed by atoms with van der Waals surface area (Å²) in [7, 11) is 0. The molecular formula is C18H22Cl2N4O. The Bertz CT molecular complexity index is 819. The Balaban J connectivity index is 1.91. The first kappa shape index (κ1) is 18.4. The number of nitrogens with one attached hydrogen (secondary N) is 2. The Kier molecular flexibility index (Phi) is 4.71. The van der Waals surface area contributed by atoms with E-state index in [2.05, 4.69) is 43.4 Å². The van der Waals surface area contributed by atoms with Crippen LogP contribution in [0.2, 0.25) is 10.2 Å². The maximum Gasteiger partial charge on any atom is 0.266 e. The number of hydrogen-bond acceptors (Lipinski definition) is 4. The molecule has 0 bridgehead atoms. The van der Waals surface area contributed by atoms with Gasteiger partial charge in [0, 0.05) is 34.6 Å². The number of rotatable bonds is 2. The SMILES string of the molecule is CC1(C)CN(NC(=O)c2cc(Cl)nc3ccc(Cl)cc23)CC(C)(C)N1. The fourth-order valence-electron chi connectivity index (χ4n) is 3.64. The maximum atomic E-state index is 12.9. The zero-order valence-corrected chi connectivity index (χ0v) is 16.3. The summed E-state index contributed by atoms with van der Waals surface area (Å²) in [4.78, 5) is 17.2. The first-order chi connectivity index (χ1) is 11.5. The molecule has 0 radical (unpaired) electrons. The van der Waals surface area contributed by atoms with Crippen molar-refractivity contribution in [2.24, 2.45) is 0 Å². The number of hydrazine groups is 1. The zero-order chi connectivity index (χ0) is 18.4. The molecule has 0 saturated carbocycles. The van der Waals surface area contributed by atoms with Crippen molar-refractivity contribution in [1.29, 1.82) is 0 Å². The molecular weight excluding hydrogens is 359 g/mol. The Labute approximate surface area is 157 Å². The summed E-state index contributed by atoms with van der Waals surface area (Å²) < 4.78 is 0. The van der Waals surface area contributed by atoms with Crippen LogP contribution in [-0.4, -0.2) is 40.1 Å². The third-order valence-electron chi connectivity index (χ3n) is 4.09. The van der Waals surface area contributed by atoms with E-state index in [0.29, 0.717) is 34.6 Å². The molecule has 2 heterocycles. The van der Waals surface area contributed by atoms with E-state index in [9.17, 15) is 4.79 Å². The Morgan fingerprint density at radius 2 is 1.80 bits per heavy atom. The van der Waals surface area contributed by atoms with Gasteiger partial charge in [0.15, 0.2) is 0 Å². The highest BCUT2D eigenvalue weighted by molar-refractivity contribution is 6.32. The summed E-state index contributed by atoms with van der Waals surface area (Å²) in [6.45, 7) is 9.85. The van der Waals surface area contributed by atoms with Gasteiger partial charge >= 0.3 is 0 Å². The van der Waals surface area contributed by atoms with E-state index in [4.69, 9.17) is 23.2 Å². The fourth-order valence-corrected chi connectivity index (χ4v) is 4.01. The van der Waals surface area contributed by atoms with E-state index in [1.165, 1.54) is 0 Å². The summed E-state index contributed by atoms with van der Waals surface area (Å²) in [5.74, 6) is -0.218. The van der Waals surface area contributed by atoms with Gasteiger partial charge in [-0.15, -0.1) is 0 Å². The fraction of sp³-hybridized carbons (Fsp3) is 0.444. The van der Waals surface area contributed by atoms with E-state index in [0.717, 1.165) is 0 Å². The van der Waals surface area contributed by atoms with Crippen LogP contribution in [0.4, 0.5) is 0 Å². The van der Waals surface area contributed by atoms with Crippen molar-refractivity contribution >= 4 is 40.0 Å². The Morgan fingerprint density at radius 1 is 1.16 bits per heavy atom. The van der Waals surface area contributed by atoms with Crippen LogP contribution in [0.25, 0.3) is 10.9 Å². The predicted molar refractivity (Wildman–Crippen MR) is 102 cm³/mol. The quantitative estimate of drug-likeness (QED) is 0.780. The lowest BCUT2D eigenvalue weighted by atomic mass is 9.92. The molecule has 3 rings (SSSR count). The van der Waals surface area contributed by atoms with Gasteiger partial charge in [-0.1, -0.05) is 23.2 Å². The van der Waals surface area contributed by atoms with E-state index in [-0.39, 0.29) is 22.1 Å². The average molecular weight is 381 g/mol. The minimum Gasteiger partial charge on any atom is -0.304 e. The monoisotopic (exact) mass is 380 g/mol. The van der Waals surface area contributed by atoms with Gasteiger partial charge in [-0.3, -0.25) is 10.2 Å². The molecule has 0 unspecified atom stereocenters. The molecule has 0 aliphatic carbocycles. The Morgan fingerprint density at radius 3 is 2.44 bits per heavy atom. The second kappa shape index (κ2) is 6.40. The van der Waals surface area contributed by atoms with Crippen LogP contribution in [0.3, 0.4) is 0 Å². The summed E-state index contributed by atoms with van der Waals surface area (Å²) in [5, 5.41) is 7.04. The molecule has 1 aromatic heterocycles. The lowest BCUT2D eigenvalue weighted by molar-refractivity contribution is 0.0346. The van der Waals surface area contributed by atoms with Crippen LogP contribution in [0.5, 0.6) is 0 Å². The summed E-state index contributed by atoms with van der Waals surface area (Å²) in [6.07, 6.45) is 0. The molecule has 1 aliphatic heterocycles. The third-order valence-corrected chi connectivity index (χ3v) is 4.52. The highest BCUT2D eigenvalue weighted by Crippen LogP contribution is 2.25. The van der Waals surface area contributed by atoms with Crippen molar-refractivity contribution in [3.05, 3.63) is 40.0 Å². The number of hydrogen-bond donors (Lipinski definition) is 2. The van der Waals surface area contributed by atoms with Crippen LogP contribution in [0.15, 0.2) is 24.3 Å². The number of carbonyl (C=O) groups is 1. The molecule has 1 aromatic carbocycles. The topological polar surface area (TPSA) is 57.3 Å². The number of pyridine rings is 1. The number of carbonyl (C=O) groups excluding carboxylic acids is 1. The van der Waals surface area contributed by atoms with E-state index in [1.54, 1.807) is 24.3 Å². The van der Waals surface area contributed by atoms with Crippen molar-refractivity contribution in [3.8, 4) is 0 Å². The molecule has 0 atom stereocenters. The number of piperazine rings is 1. The minimum absolute atomic E-state index is 0.115. The second-order valence-electron chi connectivity index (χ2n) is 7.84. The lowest BCUT2D eigenvalue weighted by Crippen LogP contribution is -2.69. The lowest BCUT2D eigenvalue weighted by Gasteiger charge is -2.48. The van der Waals surface area contributed by atoms with Crippen molar-refractivity contribution in [2.75, 3.05) is 13.1 Å². The van der Waals surface area contributed by atoms with Gasteiger partial charge in [-0.25, -0.2) is 9.99 Å². The molecule has 5 nitrogen and oxygen atoms in total. The molecule has 0 spiro atoms. The summed E-state index contributed by atoms with van der Waals surface area (Å²) in [5.41, 5.74) is 3.89.